The number of ether oxygens (including phenoxy) is 1. The van der Waals surface area contributed by atoms with Crippen molar-refractivity contribution in [1.29, 1.82) is 0 Å². The maximum atomic E-state index is 11.1. The molecule has 1 N–H and O–H groups in total. The van der Waals surface area contributed by atoms with Gasteiger partial charge in [-0.15, -0.1) is 0 Å². The van der Waals surface area contributed by atoms with Crippen LogP contribution in [-0.2, 0) is 4.74 Å². The van der Waals surface area contributed by atoms with E-state index in [1.807, 2.05) is 0 Å². The first-order valence-electron chi connectivity index (χ1n) is 4.03. The van der Waals surface area contributed by atoms with E-state index in [1.165, 1.54) is 7.11 Å². The molecule has 0 aromatic carbocycles. The van der Waals surface area contributed by atoms with Gasteiger partial charge in [0.2, 0.25) is 0 Å². The van der Waals surface area contributed by atoms with Crippen molar-refractivity contribution < 1.29 is 15.4 Å². The molecule has 0 bridgehead atoms. The molecule has 0 amide bonds. The van der Waals surface area contributed by atoms with Gasteiger partial charge in [0.25, 0.3) is 0 Å². The average Bonchev–Trinajstić information content (AvgIpc) is 2.89. The summed E-state index contributed by atoms with van der Waals surface area (Å²) in [5, 5.41) is 0. The molecule has 13 heavy (non-hydrogen) atoms. The topological polar surface area (TPSA) is 72.3 Å². The largest absolute Gasteiger partial charge is 0.464 e. The molecule has 0 atom stereocenters. The van der Waals surface area contributed by atoms with E-state index in [2.05, 4.69) is 9.72 Å². The third-order valence-corrected chi connectivity index (χ3v) is 2.01. The first-order valence-corrected chi connectivity index (χ1v) is 4.03. The van der Waals surface area contributed by atoms with Gasteiger partial charge in [-0.3, -0.25) is 4.98 Å². The summed E-state index contributed by atoms with van der Waals surface area (Å²) in [6.07, 6.45) is 1.93. The van der Waals surface area contributed by atoms with Gasteiger partial charge in [-0.1, -0.05) is 0 Å². The Bertz CT molecular complexity index is 390. The van der Waals surface area contributed by atoms with Gasteiger partial charge >= 0.3 is 11.7 Å². The summed E-state index contributed by atoms with van der Waals surface area (Å²) in [7, 11) is 1.27. The van der Waals surface area contributed by atoms with Crippen molar-refractivity contribution in [3.05, 3.63) is 22.0 Å². The highest BCUT2D eigenvalue weighted by Crippen LogP contribution is 2.40. The molecule has 1 aromatic rings. The molecule has 1 saturated carbocycles. The number of esters is 1. The van der Waals surface area contributed by atoms with Crippen LogP contribution in [0.5, 0.6) is 0 Å². The Balaban J connectivity index is 0.000000980. The summed E-state index contributed by atoms with van der Waals surface area (Å²) >= 11 is 0. The second-order valence-electron chi connectivity index (χ2n) is 3.02. The van der Waals surface area contributed by atoms with E-state index in [4.69, 9.17) is 4.42 Å². The van der Waals surface area contributed by atoms with E-state index < -0.39 is 11.7 Å². The van der Waals surface area contributed by atoms with Gasteiger partial charge < -0.3 is 9.15 Å². The van der Waals surface area contributed by atoms with Crippen molar-refractivity contribution in [1.82, 2.24) is 4.98 Å². The number of carbonyl (C=O) groups is 1. The number of H-pyrrole nitrogens is 1. The first kappa shape index (κ1) is 8.10. The van der Waals surface area contributed by atoms with Gasteiger partial charge in [0.1, 0.15) is 5.76 Å². The summed E-state index contributed by atoms with van der Waals surface area (Å²) in [5.41, 5.74) is 0.162. The maximum absolute atomic E-state index is 11.1. The zero-order chi connectivity index (χ0) is 9.42. The van der Waals surface area contributed by atoms with Gasteiger partial charge in [-0.25, -0.2) is 9.59 Å². The molecule has 1 heterocycles. The fourth-order valence-corrected chi connectivity index (χ4v) is 1.23. The number of nitrogens with one attached hydrogen (secondary N) is 1. The van der Waals surface area contributed by atoms with Gasteiger partial charge in [0.15, 0.2) is 5.69 Å². The Morgan fingerprint density at radius 3 is 2.92 bits per heavy atom. The number of carbonyl (C=O) groups excluding carboxylic acids is 1. The lowest BCUT2D eigenvalue weighted by molar-refractivity contribution is 0.0592. The van der Waals surface area contributed by atoms with Crippen molar-refractivity contribution in [2.45, 2.75) is 18.8 Å². The molecule has 1 fully saturated rings. The van der Waals surface area contributed by atoms with Crippen molar-refractivity contribution in [3.8, 4) is 0 Å². The lowest BCUT2D eigenvalue weighted by atomic mass is 10.2. The van der Waals surface area contributed by atoms with E-state index in [-0.39, 0.29) is 13.0 Å². The smallest absolute Gasteiger partial charge is 0.417 e. The average molecular weight is 185 g/mol. The SMILES string of the molecule is COC(=O)c1[nH]c(=O)oc1C1CC1.[HH]. The predicted molar refractivity (Wildman–Crippen MR) is 44.8 cm³/mol. The molecule has 0 spiro atoms. The number of aromatic nitrogens is 1. The predicted octanol–water partition coefficient (Wildman–Crippen LogP) is 0.878. The first-order chi connectivity index (χ1) is 6.22. The molecule has 2 rings (SSSR count). The zero-order valence-electron chi connectivity index (χ0n) is 7.12. The number of rotatable bonds is 2. The van der Waals surface area contributed by atoms with Crippen molar-refractivity contribution in [2.75, 3.05) is 7.11 Å². The summed E-state index contributed by atoms with van der Waals surface area (Å²) < 4.78 is 9.35. The fourth-order valence-electron chi connectivity index (χ4n) is 1.23. The summed E-state index contributed by atoms with van der Waals surface area (Å²) in [6.45, 7) is 0. The van der Waals surface area contributed by atoms with Gasteiger partial charge in [-0.05, 0) is 12.8 Å². The normalized spacial score (nSPS) is 15.8. The van der Waals surface area contributed by atoms with Crippen LogP contribution in [0.1, 0.15) is 36.4 Å². The standard InChI is InChI=1S/C8H9NO4.H2/c1-12-7(10)5-6(4-2-3-4)13-8(11)9-5;/h4H,2-3H2,1H3,(H,9,11);1H. The molecule has 72 valence electrons. The summed E-state index contributed by atoms with van der Waals surface area (Å²) in [6, 6.07) is 0. The Hall–Kier alpha value is -1.52. The summed E-state index contributed by atoms with van der Waals surface area (Å²) in [4.78, 5) is 24.3. The highest BCUT2D eigenvalue weighted by atomic mass is 16.5. The van der Waals surface area contributed by atoms with Crippen LogP contribution in [0.3, 0.4) is 0 Å². The van der Waals surface area contributed by atoms with Crippen LogP contribution in [-0.4, -0.2) is 18.1 Å². The Labute approximate surface area is 75.2 Å². The van der Waals surface area contributed by atoms with E-state index in [0.29, 0.717) is 5.76 Å². The minimum atomic E-state index is -0.595. The summed E-state index contributed by atoms with van der Waals surface area (Å²) in [5.74, 6) is -0.486. The molecule has 1 aliphatic rings. The van der Waals surface area contributed by atoms with Gasteiger partial charge in [-0.2, -0.15) is 0 Å². The molecule has 0 radical (unpaired) electrons. The number of methoxy groups -OCH3 is 1. The number of hydrogen-bond donors (Lipinski definition) is 1. The third-order valence-electron chi connectivity index (χ3n) is 2.01. The molecule has 0 saturated heterocycles. The van der Waals surface area contributed by atoms with Crippen LogP contribution < -0.4 is 5.76 Å². The highest BCUT2D eigenvalue weighted by molar-refractivity contribution is 5.88. The second-order valence-corrected chi connectivity index (χ2v) is 3.02. The molecule has 0 unspecified atom stereocenters. The van der Waals surface area contributed by atoms with Crippen LogP contribution in [0.25, 0.3) is 0 Å². The molecular weight excluding hydrogens is 174 g/mol. The Morgan fingerprint density at radius 2 is 2.38 bits per heavy atom. The van der Waals surface area contributed by atoms with E-state index in [0.717, 1.165) is 12.8 Å². The molecule has 0 aliphatic heterocycles. The molecule has 1 aliphatic carbocycles. The van der Waals surface area contributed by atoms with E-state index >= 15 is 0 Å². The molecule has 5 nitrogen and oxygen atoms in total. The van der Waals surface area contributed by atoms with Crippen molar-refractivity contribution in [2.24, 2.45) is 0 Å². The van der Waals surface area contributed by atoms with Gasteiger partial charge in [0.05, 0.1) is 7.11 Å². The lowest BCUT2D eigenvalue weighted by Gasteiger charge is -1.95. The highest BCUT2D eigenvalue weighted by Gasteiger charge is 2.33. The van der Waals surface area contributed by atoms with Crippen LogP contribution in [0, 0.1) is 0 Å². The molecule has 1 aromatic heterocycles. The van der Waals surface area contributed by atoms with Crippen molar-refractivity contribution in [3.63, 3.8) is 0 Å². The number of hydrogen-bond acceptors (Lipinski definition) is 4. The van der Waals surface area contributed by atoms with E-state index in [1.54, 1.807) is 0 Å². The fraction of sp³-hybridized carbons (Fsp3) is 0.500. The molecule has 5 heteroatoms. The van der Waals surface area contributed by atoms with Crippen LogP contribution >= 0.6 is 0 Å². The monoisotopic (exact) mass is 185 g/mol. The lowest BCUT2D eigenvalue weighted by Crippen LogP contribution is -2.06. The zero-order valence-corrected chi connectivity index (χ0v) is 7.12. The molecular formula is C8H11NO4. The minimum absolute atomic E-state index is 0. The Morgan fingerprint density at radius 1 is 1.69 bits per heavy atom. The maximum Gasteiger partial charge on any atom is 0.417 e. The third kappa shape index (κ3) is 1.37. The Kier molecular flexibility index (Phi) is 1.72. The van der Waals surface area contributed by atoms with Crippen LogP contribution in [0.15, 0.2) is 9.21 Å². The number of aromatic amines is 1. The second kappa shape index (κ2) is 2.76. The van der Waals surface area contributed by atoms with E-state index in [9.17, 15) is 9.59 Å². The van der Waals surface area contributed by atoms with Crippen LogP contribution in [0.2, 0.25) is 0 Å². The van der Waals surface area contributed by atoms with Crippen molar-refractivity contribution >= 4 is 5.97 Å². The number of oxazole rings is 1. The minimum Gasteiger partial charge on any atom is -0.464 e. The quantitative estimate of drug-likeness (QED) is 0.694. The van der Waals surface area contributed by atoms with Crippen LogP contribution in [0.4, 0.5) is 0 Å². The van der Waals surface area contributed by atoms with Gasteiger partial charge in [0, 0.05) is 7.34 Å².